The standard InChI is InChI=1S/C39H38N2O4/c1-29-17-21-33(22-18-29)41(28-31-11-4-2-5-12-31)25-10-26-45-34-23-19-30(20-24-34)27-37(39(43)44)40-36-16-9-8-15-35(36)38(42)32-13-6-3-7-14-32/h2-9,11-24,37,40H,10,25-28H2,1H3,(H,43,44)/t37-/m0/s1. The van der Waals surface area contributed by atoms with Gasteiger partial charge in [0.25, 0.3) is 0 Å². The fourth-order valence-corrected chi connectivity index (χ4v) is 5.20. The molecule has 45 heavy (non-hydrogen) atoms. The molecule has 0 aromatic heterocycles. The molecule has 0 fully saturated rings. The monoisotopic (exact) mass is 598 g/mol. The molecule has 0 heterocycles. The first-order chi connectivity index (χ1) is 22.0. The number of anilines is 2. The van der Waals surface area contributed by atoms with Gasteiger partial charge in [-0.1, -0.05) is 103 Å². The smallest absolute Gasteiger partial charge is 0.326 e. The van der Waals surface area contributed by atoms with E-state index < -0.39 is 12.0 Å². The van der Waals surface area contributed by atoms with Crippen LogP contribution in [0.4, 0.5) is 11.4 Å². The second-order valence-electron chi connectivity index (χ2n) is 11.1. The van der Waals surface area contributed by atoms with Crippen molar-refractivity contribution < 1.29 is 19.4 Å². The van der Waals surface area contributed by atoms with Gasteiger partial charge >= 0.3 is 5.97 Å². The van der Waals surface area contributed by atoms with Crippen LogP contribution in [0.25, 0.3) is 0 Å². The first kappa shape index (κ1) is 31.1. The number of nitrogens with zero attached hydrogens (tertiary/aromatic N) is 1. The van der Waals surface area contributed by atoms with Gasteiger partial charge in [0.05, 0.1) is 6.61 Å². The van der Waals surface area contributed by atoms with Gasteiger partial charge in [0.2, 0.25) is 0 Å². The lowest BCUT2D eigenvalue weighted by molar-refractivity contribution is -0.137. The highest BCUT2D eigenvalue weighted by Gasteiger charge is 2.21. The predicted molar refractivity (Wildman–Crippen MR) is 180 cm³/mol. The number of ketones is 1. The molecule has 0 radical (unpaired) electrons. The topological polar surface area (TPSA) is 78.9 Å². The molecule has 0 unspecified atom stereocenters. The lowest BCUT2D eigenvalue weighted by Crippen LogP contribution is -2.32. The summed E-state index contributed by atoms with van der Waals surface area (Å²) in [6, 6.07) is 41.7. The van der Waals surface area contributed by atoms with Crippen molar-refractivity contribution in [2.75, 3.05) is 23.4 Å². The summed E-state index contributed by atoms with van der Waals surface area (Å²) >= 11 is 0. The van der Waals surface area contributed by atoms with E-state index in [1.54, 1.807) is 36.4 Å². The van der Waals surface area contributed by atoms with Crippen LogP contribution in [0.15, 0.2) is 133 Å². The molecule has 0 saturated carbocycles. The van der Waals surface area contributed by atoms with Crippen LogP contribution in [-0.2, 0) is 17.8 Å². The number of carbonyl (C=O) groups excluding carboxylic acids is 1. The van der Waals surface area contributed by atoms with Gasteiger partial charge in [0, 0.05) is 42.0 Å². The van der Waals surface area contributed by atoms with Crippen LogP contribution >= 0.6 is 0 Å². The molecular weight excluding hydrogens is 560 g/mol. The van der Waals surface area contributed by atoms with Gasteiger partial charge in [0.1, 0.15) is 11.8 Å². The zero-order valence-electron chi connectivity index (χ0n) is 25.4. The summed E-state index contributed by atoms with van der Waals surface area (Å²) in [5.74, 6) is -0.417. The fourth-order valence-electron chi connectivity index (χ4n) is 5.20. The Balaban J connectivity index is 1.16. The van der Waals surface area contributed by atoms with Crippen molar-refractivity contribution in [2.45, 2.75) is 32.4 Å². The van der Waals surface area contributed by atoms with Crippen molar-refractivity contribution in [3.05, 3.63) is 161 Å². The molecule has 0 aliphatic carbocycles. The lowest BCUT2D eigenvalue weighted by atomic mass is 10.00. The number of para-hydroxylation sites is 1. The molecule has 0 saturated heterocycles. The maximum absolute atomic E-state index is 13.1. The average molecular weight is 599 g/mol. The Kier molecular flexibility index (Phi) is 10.6. The molecule has 0 amide bonds. The Morgan fingerprint density at radius 1 is 0.756 bits per heavy atom. The molecule has 0 aliphatic rings. The van der Waals surface area contributed by atoms with Crippen molar-refractivity contribution in [3.8, 4) is 5.75 Å². The minimum atomic E-state index is -0.995. The number of nitrogens with one attached hydrogen (secondary N) is 1. The summed E-state index contributed by atoms with van der Waals surface area (Å²) in [5, 5.41) is 13.1. The number of ether oxygens (including phenoxy) is 1. The van der Waals surface area contributed by atoms with Crippen molar-refractivity contribution in [1.82, 2.24) is 0 Å². The minimum absolute atomic E-state index is 0.161. The number of rotatable bonds is 15. The third kappa shape index (κ3) is 8.83. The Hall–Kier alpha value is -5.36. The highest BCUT2D eigenvalue weighted by atomic mass is 16.5. The van der Waals surface area contributed by atoms with E-state index in [-0.39, 0.29) is 12.2 Å². The first-order valence-corrected chi connectivity index (χ1v) is 15.2. The third-order valence-corrected chi connectivity index (χ3v) is 7.66. The normalized spacial score (nSPS) is 11.4. The Morgan fingerprint density at radius 3 is 2.09 bits per heavy atom. The summed E-state index contributed by atoms with van der Waals surface area (Å²) < 4.78 is 6.05. The van der Waals surface area contributed by atoms with Crippen LogP contribution in [0.3, 0.4) is 0 Å². The van der Waals surface area contributed by atoms with Gasteiger partial charge in [-0.25, -0.2) is 4.79 Å². The molecule has 6 nitrogen and oxygen atoms in total. The van der Waals surface area contributed by atoms with Crippen LogP contribution in [-0.4, -0.2) is 36.1 Å². The van der Waals surface area contributed by atoms with E-state index in [1.165, 1.54) is 16.8 Å². The molecular formula is C39H38N2O4. The zero-order chi connectivity index (χ0) is 31.4. The second kappa shape index (κ2) is 15.4. The number of carbonyl (C=O) groups is 2. The molecule has 0 spiro atoms. The molecule has 5 aromatic rings. The van der Waals surface area contributed by atoms with E-state index in [1.807, 2.05) is 48.5 Å². The predicted octanol–water partition coefficient (Wildman–Crippen LogP) is 7.81. The highest BCUT2D eigenvalue weighted by molar-refractivity contribution is 6.12. The van der Waals surface area contributed by atoms with Crippen molar-refractivity contribution in [1.29, 1.82) is 0 Å². The Morgan fingerprint density at radius 2 is 1.40 bits per heavy atom. The maximum atomic E-state index is 13.1. The van der Waals surface area contributed by atoms with E-state index in [4.69, 9.17) is 4.74 Å². The lowest BCUT2D eigenvalue weighted by Gasteiger charge is -2.25. The number of carboxylic acid groups (broad SMARTS) is 1. The van der Waals surface area contributed by atoms with E-state index in [9.17, 15) is 14.7 Å². The van der Waals surface area contributed by atoms with Gasteiger partial charge in [-0.3, -0.25) is 4.79 Å². The van der Waals surface area contributed by atoms with Gasteiger partial charge in [-0.2, -0.15) is 0 Å². The van der Waals surface area contributed by atoms with Gasteiger partial charge < -0.3 is 20.1 Å². The van der Waals surface area contributed by atoms with Crippen LogP contribution in [0.2, 0.25) is 0 Å². The summed E-state index contributed by atoms with van der Waals surface area (Å²) in [7, 11) is 0. The molecule has 5 rings (SSSR count). The van der Waals surface area contributed by atoms with Crippen LogP contribution in [0, 0.1) is 6.92 Å². The van der Waals surface area contributed by atoms with E-state index in [2.05, 4.69) is 65.7 Å². The Bertz CT molecular complexity index is 1670. The van der Waals surface area contributed by atoms with Crippen molar-refractivity contribution >= 4 is 23.1 Å². The molecule has 6 heteroatoms. The molecule has 2 N–H and O–H groups in total. The molecule has 1 atom stereocenters. The van der Waals surface area contributed by atoms with Crippen molar-refractivity contribution in [3.63, 3.8) is 0 Å². The van der Waals surface area contributed by atoms with Gasteiger partial charge in [-0.05, 0) is 60.9 Å². The average Bonchev–Trinajstić information content (AvgIpc) is 3.07. The van der Waals surface area contributed by atoms with Crippen LogP contribution in [0.1, 0.15) is 39.0 Å². The minimum Gasteiger partial charge on any atom is -0.494 e. The molecule has 0 bridgehead atoms. The van der Waals surface area contributed by atoms with Gasteiger partial charge in [0.15, 0.2) is 5.78 Å². The summed E-state index contributed by atoms with van der Waals surface area (Å²) in [4.78, 5) is 27.7. The third-order valence-electron chi connectivity index (χ3n) is 7.66. The summed E-state index contributed by atoms with van der Waals surface area (Å²) in [5.41, 5.74) is 6.00. The first-order valence-electron chi connectivity index (χ1n) is 15.2. The fraction of sp³-hybridized carbons (Fsp3) is 0.179. The quantitative estimate of drug-likeness (QED) is 0.0945. The number of benzene rings is 5. The van der Waals surface area contributed by atoms with E-state index in [0.717, 1.165) is 30.8 Å². The van der Waals surface area contributed by atoms with Crippen LogP contribution in [0.5, 0.6) is 5.75 Å². The number of aliphatic carboxylic acids is 1. The maximum Gasteiger partial charge on any atom is 0.326 e. The molecule has 5 aromatic carbocycles. The molecule has 0 aliphatic heterocycles. The summed E-state index contributed by atoms with van der Waals surface area (Å²) in [6.07, 6.45) is 1.09. The number of aryl methyl sites for hydroxylation is 1. The SMILES string of the molecule is Cc1ccc(N(CCCOc2ccc(C[C@H](Nc3ccccc3C(=O)c3ccccc3)C(=O)O)cc2)Cc2ccccc2)cc1. The number of carboxylic acids is 1. The summed E-state index contributed by atoms with van der Waals surface area (Å²) in [6.45, 7) is 4.32. The zero-order valence-corrected chi connectivity index (χ0v) is 25.4. The number of hydrogen-bond donors (Lipinski definition) is 2. The Labute approximate surface area is 264 Å². The largest absolute Gasteiger partial charge is 0.494 e. The highest BCUT2D eigenvalue weighted by Crippen LogP contribution is 2.23. The van der Waals surface area contributed by atoms with Crippen LogP contribution < -0.4 is 15.0 Å². The molecule has 228 valence electrons. The van der Waals surface area contributed by atoms with Gasteiger partial charge in [-0.15, -0.1) is 0 Å². The van der Waals surface area contributed by atoms with Crippen molar-refractivity contribution in [2.24, 2.45) is 0 Å². The second-order valence-corrected chi connectivity index (χ2v) is 11.1. The number of hydrogen-bond acceptors (Lipinski definition) is 5. The van der Waals surface area contributed by atoms with E-state index in [0.29, 0.717) is 23.4 Å². The van der Waals surface area contributed by atoms with E-state index >= 15 is 0 Å².